The first kappa shape index (κ1) is 9.73. The average Bonchev–Trinajstić information content (AvgIpc) is 2.47. The summed E-state index contributed by atoms with van der Waals surface area (Å²) >= 11 is 0. The van der Waals surface area contributed by atoms with Crippen LogP contribution in [0.2, 0.25) is 0 Å². The molecule has 0 aliphatic rings. The summed E-state index contributed by atoms with van der Waals surface area (Å²) in [5.41, 5.74) is 0.445. The van der Waals surface area contributed by atoms with Crippen LogP contribution in [0.4, 0.5) is 0 Å². The Morgan fingerprint density at radius 1 is 1.69 bits per heavy atom. The van der Waals surface area contributed by atoms with Crippen LogP contribution in [-0.4, -0.2) is 22.8 Å². The minimum Gasteiger partial charge on any atom is -0.461 e. The van der Waals surface area contributed by atoms with Gasteiger partial charge in [-0.2, -0.15) is 0 Å². The number of nitrogens with zero attached hydrogens (tertiary/aromatic N) is 1. The molecule has 0 radical (unpaired) electrons. The minimum absolute atomic E-state index is 0.0573. The normalized spacial score (nSPS) is 10.1. The predicted octanol–water partition coefficient (Wildman–Crippen LogP) is 0.652. The van der Waals surface area contributed by atoms with Crippen LogP contribution in [0.25, 0.3) is 0 Å². The number of ether oxygens (including phenoxy) is 1. The smallest absolute Gasteiger partial charge is 0.360 e. The lowest BCUT2D eigenvalue weighted by Gasteiger charge is -1.98. The Kier molecular flexibility index (Phi) is 3.02. The molecule has 0 aliphatic carbocycles. The molecule has 1 aromatic heterocycles. The Labute approximate surface area is 75.3 Å². The van der Waals surface area contributed by atoms with Crippen LogP contribution < -0.4 is 0 Å². The fourth-order valence-electron chi connectivity index (χ4n) is 0.937. The fraction of sp³-hybridized carbons (Fsp3) is 0.500. The highest BCUT2D eigenvalue weighted by atomic mass is 16.5. The van der Waals surface area contributed by atoms with E-state index in [1.807, 2.05) is 0 Å². The molecule has 0 aromatic carbocycles. The molecule has 0 saturated carbocycles. The van der Waals surface area contributed by atoms with Gasteiger partial charge in [0.25, 0.3) is 0 Å². The van der Waals surface area contributed by atoms with Gasteiger partial charge in [0.05, 0.1) is 18.8 Å². The highest BCUT2D eigenvalue weighted by Gasteiger charge is 2.19. The standard InChI is InChI=1S/C8H11NO4/c1-3-12-8(11)7-6(4-10)5(2)13-9-7/h10H,3-4H2,1-2H3. The molecule has 1 aromatic rings. The largest absolute Gasteiger partial charge is 0.461 e. The number of carbonyl (C=O) groups excluding carboxylic acids is 1. The second-order valence-corrected chi connectivity index (χ2v) is 2.44. The number of hydrogen-bond acceptors (Lipinski definition) is 5. The van der Waals surface area contributed by atoms with Gasteiger partial charge in [-0.25, -0.2) is 4.79 Å². The van der Waals surface area contributed by atoms with Crippen LogP contribution in [0.3, 0.4) is 0 Å². The Morgan fingerprint density at radius 3 is 2.92 bits per heavy atom. The SMILES string of the molecule is CCOC(=O)c1noc(C)c1CO. The van der Waals surface area contributed by atoms with E-state index in [0.717, 1.165) is 0 Å². The van der Waals surface area contributed by atoms with Crippen LogP contribution in [0.1, 0.15) is 28.7 Å². The van der Waals surface area contributed by atoms with E-state index in [1.54, 1.807) is 13.8 Å². The van der Waals surface area contributed by atoms with Crippen molar-refractivity contribution >= 4 is 5.97 Å². The van der Waals surface area contributed by atoms with Crippen molar-refractivity contribution < 1.29 is 19.2 Å². The van der Waals surface area contributed by atoms with Crippen molar-refractivity contribution in [3.63, 3.8) is 0 Å². The summed E-state index contributed by atoms with van der Waals surface area (Å²) in [4.78, 5) is 11.2. The molecule has 1 N–H and O–H groups in total. The number of aromatic nitrogens is 1. The second-order valence-electron chi connectivity index (χ2n) is 2.44. The third-order valence-corrected chi connectivity index (χ3v) is 1.61. The molecule has 0 atom stereocenters. The van der Waals surface area contributed by atoms with Gasteiger partial charge in [0.1, 0.15) is 5.76 Å². The number of aliphatic hydroxyl groups excluding tert-OH is 1. The lowest BCUT2D eigenvalue weighted by atomic mass is 10.2. The third-order valence-electron chi connectivity index (χ3n) is 1.61. The van der Waals surface area contributed by atoms with E-state index in [1.165, 1.54) is 0 Å². The van der Waals surface area contributed by atoms with Gasteiger partial charge < -0.3 is 14.4 Å². The number of rotatable bonds is 3. The molecule has 0 fully saturated rings. The Bertz CT molecular complexity index is 305. The number of hydrogen-bond donors (Lipinski definition) is 1. The van der Waals surface area contributed by atoms with Crippen molar-refractivity contribution in [3.05, 3.63) is 17.0 Å². The highest BCUT2D eigenvalue weighted by Crippen LogP contribution is 2.13. The lowest BCUT2D eigenvalue weighted by molar-refractivity contribution is 0.0511. The third kappa shape index (κ3) is 1.86. The Hall–Kier alpha value is -1.36. The first-order valence-corrected chi connectivity index (χ1v) is 3.93. The Morgan fingerprint density at radius 2 is 2.38 bits per heavy atom. The highest BCUT2D eigenvalue weighted by molar-refractivity contribution is 5.88. The summed E-state index contributed by atoms with van der Waals surface area (Å²) in [6.45, 7) is 3.32. The molecule has 1 heterocycles. The van der Waals surface area contributed by atoms with Gasteiger partial charge >= 0.3 is 5.97 Å². The van der Waals surface area contributed by atoms with Gasteiger partial charge in [0, 0.05) is 0 Å². The van der Waals surface area contributed by atoms with Crippen molar-refractivity contribution in [2.75, 3.05) is 6.61 Å². The van der Waals surface area contributed by atoms with Gasteiger partial charge in [-0.3, -0.25) is 0 Å². The molecule has 0 saturated heterocycles. The van der Waals surface area contributed by atoms with Crippen molar-refractivity contribution in [3.8, 4) is 0 Å². The summed E-state index contributed by atoms with van der Waals surface area (Å²) in [5.74, 6) is -0.131. The number of aryl methyl sites for hydroxylation is 1. The number of aliphatic hydroxyl groups is 1. The van der Waals surface area contributed by atoms with Crippen LogP contribution in [-0.2, 0) is 11.3 Å². The first-order chi connectivity index (χ1) is 6.20. The van der Waals surface area contributed by atoms with Crippen molar-refractivity contribution in [1.82, 2.24) is 5.16 Å². The summed E-state index contributed by atoms with van der Waals surface area (Å²) in [7, 11) is 0. The van der Waals surface area contributed by atoms with E-state index < -0.39 is 5.97 Å². The van der Waals surface area contributed by atoms with Crippen molar-refractivity contribution in [2.24, 2.45) is 0 Å². The average molecular weight is 185 g/mol. The van der Waals surface area contributed by atoms with E-state index in [-0.39, 0.29) is 18.9 Å². The quantitative estimate of drug-likeness (QED) is 0.700. The number of esters is 1. The Balaban J connectivity index is 2.93. The molecule has 0 unspecified atom stereocenters. The molecule has 0 spiro atoms. The van der Waals surface area contributed by atoms with E-state index in [2.05, 4.69) is 5.16 Å². The van der Waals surface area contributed by atoms with Crippen LogP contribution in [0, 0.1) is 6.92 Å². The lowest BCUT2D eigenvalue weighted by Crippen LogP contribution is -2.08. The fourth-order valence-corrected chi connectivity index (χ4v) is 0.937. The molecule has 72 valence electrons. The van der Waals surface area contributed by atoms with Gasteiger partial charge in [-0.05, 0) is 13.8 Å². The van der Waals surface area contributed by atoms with E-state index in [0.29, 0.717) is 11.3 Å². The zero-order valence-corrected chi connectivity index (χ0v) is 7.53. The molecule has 5 nitrogen and oxygen atoms in total. The predicted molar refractivity (Wildman–Crippen MR) is 43.1 cm³/mol. The van der Waals surface area contributed by atoms with E-state index >= 15 is 0 Å². The van der Waals surface area contributed by atoms with Gasteiger partial charge in [0.15, 0.2) is 5.69 Å². The second kappa shape index (κ2) is 4.04. The van der Waals surface area contributed by atoms with Gasteiger partial charge in [-0.15, -0.1) is 0 Å². The van der Waals surface area contributed by atoms with E-state index in [9.17, 15) is 4.79 Å². The van der Waals surface area contributed by atoms with Crippen molar-refractivity contribution in [1.29, 1.82) is 0 Å². The maximum Gasteiger partial charge on any atom is 0.360 e. The molecule has 5 heteroatoms. The van der Waals surface area contributed by atoms with E-state index in [4.69, 9.17) is 14.4 Å². The van der Waals surface area contributed by atoms with Crippen LogP contribution in [0.5, 0.6) is 0 Å². The molecule has 0 bridgehead atoms. The molecule has 0 amide bonds. The van der Waals surface area contributed by atoms with Crippen molar-refractivity contribution in [2.45, 2.75) is 20.5 Å². The summed E-state index contributed by atoms with van der Waals surface area (Å²) in [5, 5.41) is 12.4. The van der Waals surface area contributed by atoms with Gasteiger partial charge in [-0.1, -0.05) is 5.16 Å². The molecular weight excluding hydrogens is 174 g/mol. The topological polar surface area (TPSA) is 72.6 Å². The maximum atomic E-state index is 11.2. The molecule has 0 aliphatic heterocycles. The zero-order valence-electron chi connectivity index (χ0n) is 7.53. The monoisotopic (exact) mass is 185 g/mol. The number of carbonyl (C=O) groups is 1. The summed E-state index contributed by atoms with van der Waals surface area (Å²) < 4.78 is 9.45. The first-order valence-electron chi connectivity index (χ1n) is 3.93. The maximum absolute atomic E-state index is 11.2. The van der Waals surface area contributed by atoms with Crippen LogP contribution >= 0.6 is 0 Å². The molecule has 13 heavy (non-hydrogen) atoms. The van der Waals surface area contributed by atoms with Gasteiger partial charge in [0.2, 0.25) is 0 Å². The minimum atomic E-state index is -0.566. The summed E-state index contributed by atoms with van der Waals surface area (Å²) in [6.07, 6.45) is 0. The van der Waals surface area contributed by atoms with Crippen LogP contribution in [0.15, 0.2) is 4.52 Å². The summed E-state index contributed by atoms with van der Waals surface area (Å²) in [6, 6.07) is 0. The molecule has 1 rings (SSSR count). The zero-order chi connectivity index (χ0) is 9.84. The molecular formula is C8H11NO4.